The van der Waals surface area contributed by atoms with Crippen LogP contribution < -0.4 is 4.90 Å². The van der Waals surface area contributed by atoms with Gasteiger partial charge in [0.2, 0.25) is 0 Å². The van der Waals surface area contributed by atoms with Gasteiger partial charge in [0, 0.05) is 32.4 Å². The van der Waals surface area contributed by atoms with Gasteiger partial charge < -0.3 is 4.90 Å². The summed E-state index contributed by atoms with van der Waals surface area (Å²) < 4.78 is 1.78. The van der Waals surface area contributed by atoms with E-state index in [-0.39, 0.29) is 0 Å². The highest BCUT2D eigenvalue weighted by molar-refractivity contribution is 5.45. The monoisotopic (exact) mass is 227 g/mol. The predicted octanol–water partition coefficient (Wildman–Crippen LogP) is 1.32. The highest BCUT2D eigenvalue weighted by Crippen LogP contribution is 2.13. The molecule has 17 heavy (non-hydrogen) atoms. The molecule has 0 saturated heterocycles. The molecule has 0 bridgehead atoms. The third-order valence-corrected chi connectivity index (χ3v) is 2.48. The first-order chi connectivity index (χ1) is 8.19. The van der Waals surface area contributed by atoms with Crippen LogP contribution in [0.25, 0.3) is 0 Å². The average Bonchev–Trinajstić information content (AvgIpc) is 2.75. The van der Waals surface area contributed by atoms with Crippen molar-refractivity contribution in [1.29, 1.82) is 5.26 Å². The summed E-state index contributed by atoms with van der Waals surface area (Å²) >= 11 is 0. The normalized spacial score (nSPS) is 9.94. The van der Waals surface area contributed by atoms with Crippen LogP contribution in [0.1, 0.15) is 11.3 Å². The maximum Gasteiger partial charge on any atom is 0.140 e. The fourth-order valence-corrected chi connectivity index (χ4v) is 1.60. The highest BCUT2D eigenvalue weighted by Gasteiger charge is 2.04. The summed E-state index contributed by atoms with van der Waals surface area (Å²) in [5.41, 5.74) is 2.55. The van der Waals surface area contributed by atoms with Crippen molar-refractivity contribution in [3.05, 3.63) is 42.0 Å². The van der Waals surface area contributed by atoms with Gasteiger partial charge in [0.25, 0.3) is 0 Å². The molecule has 5 heteroatoms. The van der Waals surface area contributed by atoms with Crippen molar-refractivity contribution in [3.8, 4) is 6.07 Å². The predicted molar refractivity (Wildman–Crippen MR) is 64.3 cm³/mol. The molecule has 2 aromatic rings. The van der Waals surface area contributed by atoms with Gasteiger partial charge in [-0.15, -0.1) is 0 Å². The number of rotatable bonds is 3. The quantitative estimate of drug-likeness (QED) is 0.793. The van der Waals surface area contributed by atoms with E-state index in [0.29, 0.717) is 5.69 Å². The number of anilines is 1. The van der Waals surface area contributed by atoms with Crippen LogP contribution in [0.4, 0.5) is 5.69 Å². The highest BCUT2D eigenvalue weighted by atomic mass is 15.2. The second-order valence-corrected chi connectivity index (χ2v) is 3.89. The lowest BCUT2D eigenvalue weighted by Gasteiger charge is -2.17. The van der Waals surface area contributed by atoms with Crippen LogP contribution in [-0.4, -0.2) is 21.8 Å². The molecule has 0 aliphatic rings. The average molecular weight is 227 g/mol. The van der Waals surface area contributed by atoms with Gasteiger partial charge in [-0.1, -0.05) is 0 Å². The Labute approximate surface area is 99.9 Å². The minimum absolute atomic E-state index is 0.434. The molecule has 5 nitrogen and oxygen atoms in total. The Morgan fingerprint density at radius 1 is 1.41 bits per heavy atom. The summed E-state index contributed by atoms with van der Waals surface area (Å²) in [6, 6.07) is 5.61. The first-order valence-electron chi connectivity index (χ1n) is 5.24. The minimum Gasteiger partial charge on any atom is -0.369 e. The number of nitrogens with zero attached hydrogens (tertiary/aromatic N) is 5. The zero-order valence-corrected chi connectivity index (χ0v) is 9.83. The standard InChI is InChI=1S/C12H13N5/c1-16(8-10-6-15-17(2)9-10)12-4-3-11(5-13)14-7-12/h3-4,6-7,9H,8H2,1-2H3. The summed E-state index contributed by atoms with van der Waals surface area (Å²) in [5.74, 6) is 0. The van der Waals surface area contributed by atoms with Crippen LogP contribution in [0.2, 0.25) is 0 Å². The molecule has 0 saturated carbocycles. The Morgan fingerprint density at radius 2 is 2.24 bits per heavy atom. The van der Waals surface area contributed by atoms with Crippen molar-refractivity contribution in [2.24, 2.45) is 7.05 Å². The summed E-state index contributed by atoms with van der Waals surface area (Å²) in [4.78, 5) is 6.10. The van der Waals surface area contributed by atoms with Crippen molar-refractivity contribution in [3.63, 3.8) is 0 Å². The van der Waals surface area contributed by atoms with E-state index in [0.717, 1.165) is 17.8 Å². The number of hydrogen-bond acceptors (Lipinski definition) is 4. The number of aromatic nitrogens is 3. The summed E-state index contributed by atoms with van der Waals surface area (Å²) in [6.45, 7) is 0.765. The van der Waals surface area contributed by atoms with Crippen LogP contribution >= 0.6 is 0 Å². The molecule has 0 unspecified atom stereocenters. The van der Waals surface area contributed by atoms with E-state index in [2.05, 4.69) is 15.0 Å². The van der Waals surface area contributed by atoms with E-state index in [1.165, 1.54) is 0 Å². The Bertz CT molecular complexity index is 535. The minimum atomic E-state index is 0.434. The molecule has 0 spiro atoms. The Hall–Kier alpha value is -2.35. The maximum atomic E-state index is 8.67. The maximum absolute atomic E-state index is 8.67. The fourth-order valence-electron chi connectivity index (χ4n) is 1.60. The van der Waals surface area contributed by atoms with Crippen molar-refractivity contribution in [2.45, 2.75) is 6.54 Å². The lowest BCUT2D eigenvalue weighted by Crippen LogP contribution is -2.16. The van der Waals surface area contributed by atoms with Crippen LogP contribution in [0.5, 0.6) is 0 Å². The third kappa shape index (κ3) is 2.61. The van der Waals surface area contributed by atoms with E-state index in [4.69, 9.17) is 5.26 Å². The number of hydrogen-bond donors (Lipinski definition) is 0. The first kappa shape index (κ1) is 11.1. The number of pyridine rings is 1. The molecule has 2 heterocycles. The largest absolute Gasteiger partial charge is 0.369 e. The van der Waals surface area contributed by atoms with Gasteiger partial charge in [-0.25, -0.2) is 4.98 Å². The molecule has 0 radical (unpaired) electrons. The van der Waals surface area contributed by atoms with Crippen molar-refractivity contribution >= 4 is 5.69 Å². The van der Waals surface area contributed by atoms with Crippen molar-refractivity contribution < 1.29 is 0 Å². The number of aryl methyl sites for hydroxylation is 1. The third-order valence-electron chi connectivity index (χ3n) is 2.48. The Morgan fingerprint density at radius 3 is 2.76 bits per heavy atom. The lowest BCUT2D eigenvalue weighted by molar-refractivity contribution is 0.766. The zero-order valence-electron chi connectivity index (χ0n) is 9.83. The van der Waals surface area contributed by atoms with Gasteiger partial charge in [-0.2, -0.15) is 10.4 Å². The van der Waals surface area contributed by atoms with Crippen LogP contribution in [0.15, 0.2) is 30.7 Å². The second kappa shape index (κ2) is 4.66. The second-order valence-electron chi connectivity index (χ2n) is 3.89. The Balaban J connectivity index is 2.09. The van der Waals surface area contributed by atoms with E-state index in [1.807, 2.05) is 38.6 Å². The van der Waals surface area contributed by atoms with Gasteiger partial charge >= 0.3 is 0 Å². The fraction of sp³-hybridized carbons (Fsp3) is 0.250. The molecular formula is C12H13N5. The molecule has 2 rings (SSSR count). The topological polar surface area (TPSA) is 57.7 Å². The van der Waals surface area contributed by atoms with Gasteiger partial charge in [0.1, 0.15) is 11.8 Å². The molecule has 0 aromatic carbocycles. The first-order valence-corrected chi connectivity index (χ1v) is 5.24. The molecule has 0 N–H and O–H groups in total. The molecule has 0 aliphatic heterocycles. The molecular weight excluding hydrogens is 214 g/mol. The molecule has 86 valence electrons. The van der Waals surface area contributed by atoms with Crippen molar-refractivity contribution in [2.75, 3.05) is 11.9 Å². The van der Waals surface area contributed by atoms with Crippen LogP contribution in [0, 0.1) is 11.3 Å². The summed E-state index contributed by atoms with van der Waals surface area (Å²) in [5, 5.41) is 12.8. The summed E-state index contributed by atoms with van der Waals surface area (Å²) in [7, 11) is 3.88. The van der Waals surface area contributed by atoms with E-state index in [1.54, 1.807) is 16.9 Å². The Kier molecular flexibility index (Phi) is 3.06. The SMILES string of the molecule is CN(Cc1cnn(C)c1)c1ccc(C#N)nc1. The smallest absolute Gasteiger partial charge is 0.140 e. The summed E-state index contributed by atoms with van der Waals surface area (Å²) in [6.07, 6.45) is 5.52. The molecule has 0 amide bonds. The van der Waals surface area contributed by atoms with Crippen molar-refractivity contribution in [1.82, 2.24) is 14.8 Å². The molecule has 0 atom stereocenters. The molecule has 0 fully saturated rings. The van der Waals surface area contributed by atoms with Gasteiger partial charge in [-0.3, -0.25) is 4.68 Å². The van der Waals surface area contributed by atoms with Gasteiger partial charge in [0.15, 0.2) is 0 Å². The zero-order chi connectivity index (χ0) is 12.3. The van der Waals surface area contributed by atoms with Gasteiger partial charge in [-0.05, 0) is 12.1 Å². The van der Waals surface area contributed by atoms with Crippen LogP contribution in [0.3, 0.4) is 0 Å². The van der Waals surface area contributed by atoms with E-state index < -0.39 is 0 Å². The van der Waals surface area contributed by atoms with Gasteiger partial charge in [0.05, 0.1) is 18.1 Å². The molecule has 0 aliphatic carbocycles. The van der Waals surface area contributed by atoms with Crippen LogP contribution in [-0.2, 0) is 13.6 Å². The lowest BCUT2D eigenvalue weighted by atomic mass is 10.3. The van der Waals surface area contributed by atoms with E-state index >= 15 is 0 Å². The molecule has 2 aromatic heterocycles. The number of nitriles is 1. The van der Waals surface area contributed by atoms with E-state index in [9.17, 15) is 0 Å².